The van der Waals surface area contributed by atoms with Gasteiger partial charge in [0, 0.05) is 6.04 Å². The number of hydrogen-bond donors (Lipinski definition) is 2. The number of hydrogen-bond acceptors (Lipinski definition) is 4. The second-order valence-corrected chi connectivity index (χ2v) is 8.13. The van der Waals surface area contributed by atoms with E-state index in [1.165, 1.54) is 0 Å². The lowest BCUT2D eigenvalue weighted by Crippen LogP contribution is -2.56. The molecule has 2 saturated heterocycles. The van der Waals surface area contributed by atoms with E-state index in [9.17, 15) is 13.2 Å². The van der Waals surface area contributed by atoms with Crippen molar-refractivity contribution < 1.29 is 13.2 Å². The molecule has 2 rings (SSSR count). The molecule has 0 aromatic rings. The van der Waals surface area contributed by atoms with Crippen molar-refractivity contribution in [3.63, 3.8) is 0 Å². The van der Waals surface area contributed by atoms with E-state index in [-0.39, 0.29) is 23.5 Å². The van der Waals surface area contributed by atoms with Crippen LogP contribution in [0.2, 0.25) is 0 Å². The Morgan fingerprint density at radius 3 is 2.67 bits per heavy atom. The lowest BCUT2D eigenvalue weighted by molar-refractivity contribution is -0.125. The van der Waals surface area contributed by atoms with Gasteiger partial charge < -0.3 is 10.6 Å². The second-order valence-electron chi connectivity index (χ2n) is 5.94. The maximum Gasteiger partial charge on any atom is 0.237 e. The minimum Gasteiger partial charge on any atom is -0.349 e. The van der Waals surface area contributed by atoms with Crippen molar-refractivity contribution in [1.29, 1.82) is 0 Å². The highest BCUT2D eigenvalue weighted by atomic mass is 32.2. The monoisotopic (exact) mass is 274 g/mol. The number of rotatable bonds is 2. The lowest BCUT2D eigenvalue weighted by Gasteiger charge is -2.31. The van der Waals surface area contributed by atoms with Gasteiger partial charge in [0.15, 0.2) is 9.84 Å². The van der Waals surface area contributed by atoms with Crippen LogP contribution in [0, 0.1) is 0 Å². The fourth-order valence-corrected chi connectivity index (χ4v) is 4.93. The minimum absolute atomic E-state index is 0.0545. The molecule has 2 fully saturated rings. The fraction of sp³-hybridized carbons (Fsp3) is 0.917. The number of nitrogens with one attached hydrogen (secondary N) is 2. The Kier molecular flexibility index (Phi) is 3.69. The summed E-state index contributed by atoms with van der Waals surface area (Å²) in [5.41, 5.74) is -0.585. The summed E-state index contributed by atoms with van der Waals surface area (Å²) in [4.78, 5) is 12.1. The van der Waals surface area contributed by atoms with E-state index in [1.54, 1.807) is 0 Å². The van der Waals surface area contributed by atoms with Crippen LogP contribution in [0.15, 0.2) is 0 Å². The average molecular weight is 274 g/mol. The van der Waals surface area contributed by atoms with Gasteiger partial charge >= 0.3 is 0 Å². The lowest BCUT2D eigenvalue weighted by atomic mass is 9.96. The van der Waals surface area contributed by atoms with Crippen molar-refractivity contribution in [2.24, 2.45) is 0 Å². The van der Waals surface area contributed by atoms with Crippen LogP contribution in [-0.4, -0.2) is 43.5 Å². The van der Waals surface area contributed by atoms with Gasteiger partial charge in [0.25, 0.3) is 0 Å². The largest absolute Gasteiger partial charge is 0.349 e. The van der Waals surface area contributed by atoms with Gasteiger partial charge in [0.2, 0.25) is 5.91 Å². The van der Waals surface area contributed by atoms with E-state index in [0.717, 1.165) is 19.3 Å². The first-order valence-electron chi connectivity index (χ1n) is 6.58. The summed E-state index contributed by atoms with van der Waals surface area (Å²) in [6.07, 6.45) is 3.49. The molecule has 0 radical (unpaired) electrons. The molecular weight excluding hydrogens is 252 g/mol. The first-order valence-corrected chi connectivity index (χ1v) is 8.40. The van der Waals surface area contributed by atoms with E-state index in [0.29, 0.717) is 12.5 Å². The Hall–Kier alpha value is -0.620. The maximum absolute atomic E-state index is 12.1. The van der Waals surface area contributed by atoms with Gasteiger partial charge in [-0.15, -0.1) is 0 Å². The third-order valence-electron chi connectivity index (χ3n) is 3.86. The van der Waals surface area contributed by atoms with Gasteiger partial charge in [0.1, 0.15) is 0 Å². The quantitative estimate of drug-likeness (QED) is 0.755. The van der Waals surface area contributed by atoms with Crippen LogP contribution in [0.4, 0.5) is 0 Å². The van der Waals surface area contributed by atoms with Crippen molar-refractivity contribution in [3.8, 4) is 0 Å². The number of carbonyl (C=O) groups is 1. The van der Waals surface area contributed by atoms with Gasteiger partial charge in [-0.1, -0.05) is 0 Å². The van der Waals surface area contributed by atoms with Crippen LogP contribution in [0.25, 0.3) is 0 Å². The van der Waals surface area contributed by atoms with Gasteiger partial charge in [-0.05, 0) is 39.5 Å². The Morgan fingerprint density at radius 2 is 2.11 bits per heavy atom. The van der Waals surface area contributed by atoms with E-state index in [4.69, 9.17) is 0 Å². The van der Waals surface area contributed by atoms with Crippen LogP contribution >= 0.6 is 0 Å². The summed E-state index contributed by atoms with van der Waals surface area (Å²) >= 11 is 0. The van der Waals surface area contributed by atoms with Gasteiger partial charge in [-0.25, -0.2) is 8.42 Å². The zero-order valence-corrected chi connectivity index (χ0v) is 11.8. The predicted molar refractivity (Wildman–Crippen MR) is 70.1 cm³/mol. The molecule has 2 N–H and O–H groups in total. The Bertz CT molecular complexity index is 435. The first kappa shape index (κ1) is 13.8. The molecule has 3 atom stereocenters. The molecular formula is C12H22N2O3S. The summed E-state index contributed by atoms with van der Waals surface area (Å²) < 4.78 is 23.0. The molecule has 1 amide bonds. The molecule has 0 aromatic carbocycles. The summed E-state index contributed by atoms with van der Waals surface area (Å²) in [6.45, 7) is 3.89. The zero-order valence-electron chi connectivity index (χ0n) is 11.0. The molecule has 2 aliphatic rings. The molecule has 2 aliphatic heterocycles. The molecule has 2 heterocycles. The molecule has 104 valence electrons. The van der Waals surface area contributed by atoms with E-state index in [1.807, 2.05) is 6.92 Å². The van der Waals surface area contributed by atoms with Crippen LogP contribution in [0.3, 0.4) is 0 Å². The fourth-order valence-electron chi connectivity index (χ4n) is 2.84. The number of amides is 1. The summed E-state index contributed by atoms with van der Waals surface area (Å²) in [5.74, 6) is 0.188. The summed E-state index contributed by atoms with van der Waals surface area (Å²) in [7, 11) is -2.98. The van der Waals surface area contributed by atoms with Gasteiger partial charge in [0.05, 0.1) is 23.1 Å². The Labute approximate surface area is 109 Å². The zero-order chi connectivity index (χ0) is 13.4. The highest BCUT2D eigenvalue weighted by Crippen LogP contribution is 2.23. The van der Waals surface area contributed by atoms with Gasteiger partial charge in [-0.2, -0.15) is 0 Å². The molecule has 18 heavy (non-hydrogen) atoms. The second kappa shape index (κ2) is 4.81. The summed E-state index contributed by atoms with van der Waals surface area (Å²) in [5, 5.41) is 6.19. The van der Waals surface area contributed by atoms with Gasteiger partial charge in [-0.3, -0.25) is 4.79 Å². The molecule has 3 unspecified atom stereocenters. The SMILES string of the molecule is CC1CCCC(C(=O)NC2(C)CCS(=O)(=O)C2)N1. The first-order chi connectivity index (χ1) is 8.30. The van der Waals surface area contributed by atoms with Crippen LogP contribution in [0.1, 0.15) is 39.5 Å². The number of sulfone groups is 1. The van der Waals surface area contributed by atoms with Crippen molar-refractivity contribution in [2.45, 2.75) is 57.2 Å². The molecule has 6 heteroatoms. The van der Waals surface area contributed by atoms with Crippen LogP contribution in [-0.2, 0) is 14.6 Å². The molecule has 0 bridgehead atoms. The van der Waals surface area contributed by atoms with Crippen LogP contribution < -0.4 is 10.6 Å². The third kappa shape index (κ3) is 3.23. The maximum atomic E-state index is 12.1. The van der Waals surface area contributed by atoms with Crippen LogP contribution in [0.5, 0.6) is 0 Å². The predicted octanol–water partition coefficient (Wildman–Crippen LogP) is 0.210. The molecule has 5 nitrogen and oxygen atoms in total. The van der Waals surface area contributed by atoms with Crippen molar-refractivity contribution in [3.05, 3.63) is 0 Å². The van der Waals surface area contributed by atoms with Crippen molar-refractivity contribution >= 4 is 15.7 Å². The molecule has 0 saturated carbocycles. The Morgan fingerprint density at radius 1 is 1.39 bits per heavy atom. The molecule has 0 spiro atoms. The highest BCUT2D eigenvalue weighted by Gasteiger charge is 2.40. The van der Waals surface area contributed by atoms with E-state index in [2.05, 4.69) is 17.6 Å². The number of carbonyl (C=O) groups excluding carboxylic acids is 1. The molecule has 0 aromatic heterocycles. The topological polar surface area (TPSA) is 75.3 Å². The van der Waals surface area contributed by atoms with Crippen molar-refractivity contribution in [1.82, 2.24) is 10.6 Å². The molecule has 0 aliphatic carbocycles. The summed E-state index contributed by atoms with van der Waals surface area (Å²) in [6, 6.07) is 0.184. The highest BCUT2D eigenvalue weighted by molar-refractivity contribution is 7.91. The minimum atomic E-state index is -2.98. The Balaban J connectivity index is 1.95. The van der Waals surface area contributed by atoms with Crippen molar-refractivity contribution in [2.75, 3.05) is 11.5 Å². The number of piperidine rings is 1. The smallest absolute Gasteiger partial charge is 0.237 e. The third-order valence-corrected chi connectivity index (χ3v) is 5.76. The van der Waals surface area contributed by atoms with E-state index >= 15 is 0 Å². The van der Waals surface area contributed by atoms with E-state index < -0.39 is 15.4 Å². The normalized spacial score (nSPS) is 39.4. The average Bonchev–Trinajstić information content (AvgIpc) is 2.52. The standard InChI is InChI=1S/C12H22N2O3S/c1-9-4-3-5-10(13-9)11(15)14-12(2)6-7-18(16,17)8-12/h9-10,13H,3-8H2,1-2H3,(H,14,15).